The monoisotopic (exact) mass is 591 g/mol. The van der Waals surface area contributed by atoms with Crippen LogP contribution in [0.1, 0.15) is 63.3 Å². The lowest BCUT2D eigenvalue weighted by molar-refractivity contribution is 0.0383. The quantitative estimate of drug-likeness (QED) is 0.437. The summed E-state index contributed by atoms with van der Waals surface area (Å²) in [6.45, 7) is 2.53. The van der Waals surface area contributed by atoms with Crippen LogP contribution in [0.25, 0.3) is 0 Å². The van der Waals surface area contributed by atoms with E-state index < -0.39 is 17.5 Å². The van der Waals surface area contributed by atoms with Crippen LogP contribution in [0.15, 0.2) is 61.1 Å². The number of rotatable bonds is 2. The maximum absolute atomic E-state index is 13.8. The van der Waals surface area contributed by atoms with Crippen molar-refractivity contribution in [3.8, 4) is 5.75 Å². The van der Waals surface area contributed by atoms with Gasteiger partial charge in [-0.15, -0.1) is 0 Å². The molecule has 2 aliphatic heterocycles. The second-order valence-corrected chi connectivity index (χ2v) is 11.3. The van der Waals surface area contributed by atoms with Crippen LogP contribution in [0.4, 0.5) is 8.78 Å². The van der Waals surface area contributed by atoms with E-state index in [1.807, 2.05) is 0 Å². The van der Waals surface area contributed by atoms with Gasteiger partial charge in [0.1, 0.15) is 23.1 Å². The smallest absolute Gasteiger partial charge is 0.274 e. The fourth-order valence-corrected chi connectivity index (χ4v) is 6.02. The molecule has 3 amide bonds. The first-order chi connectivity index (χ1) is 20.7. The molecular formula is C32H35F2N5O4. The molecule has 3 heterocycles. The van der Waals surface area contributed by atoms with E-state index in [1.165, 1.54) is 18.6 Å². The Bertz CT molecular complexity index is 1440. The Morgan fingerprint density at radius 2 is 1.60 bits per heavy atom. The summed E-state index contributed by atoms with van der Waals surface area (Å²) in [4.78, 5) is 53.2. The number of likely N-dealkylation sites (tertiary alicyclic amines) is 1. The second kappa shape index (κ2) is 13.3. The lowest BCUT2D eigenvalue weighted by atomic mass is 9.74. The zero-order chi connectivity index (χ0) is 30.4. The highest BCUT2D eigenvalue weighted by atomic mass is 19.1. The Kier molecular flexibility index (Phi) is 9.27. The van der Waals surface area contributed by atoms with E-state index in [9.17, 15) is 23.2 Å². The highest BCUT2D eigenvalue weighted by molar-refractivity contribution is 5.95. The second-order valence-electron chi connectivity index (χ2n) is 11.3. The van der Waals surface area contributed by atoms with Crippen molar-refractivity contribution in [2.45, 2.75) is 32.1 Å². The summed E-state index contributed by atoms with van der Waals surface area (Å²) in [6.07, 6.45) is 7.63. The van der Waals surface area contributed by atoms with Gasteiger partial charge in [-0.05, 0) is 67.9 Å². The van der Waals surface area contributed by atoms with E-state index in [-0.39, 0.29) is 28.5 Å². The standard InChI is InChI=1S/C32H35F2N5O4/c1-37-22-32(8-14-39(15-9-32)30(41)24-17-25(33)20-26(34)18-24)7-3-12-38(31(42)28-21-35-10-11-36-28)13-4-16-43-27-6-2-5-23(19-27)29(37)40/h2,5-6,10-11,17-21H,3-4,7-9,12-16,22H2,1H3. The molecule has 2 aliphatic rings. The molecule has 2 aromatic carbocycles. The van der Waals surface area contributed by atoms with Gasteiger partial charge in [-0.25, -0.2) is 13.8 Å². The van der Waals surface area contributed by atoms with Crippen LogP contribution in [0.5, 0.6) is 5.75 Å². The van der Waals surface area contributed by atoms with E-state index in [1.54, 1.807) is 46.0 Å². The van der Waals surface area contributed by atoms with Crippen molar-refractivity contribution < 1.29 is 27.9 Å². The molecule has 2 bridgehead atoms. The SMILES string of the molecule is CN1CC2(CCCN(C(=O)c3cnccn3)CCCOc3cccc(c3)C1=O)CCN(C(=O)c1cc(F)cc(F)c1)CC2. The molecule has 5 rings (SSSR count). The average Bonchev–Trinajstić information content (AvgIpc) is 3.01. The van der Waals surface area contributed by atoms with Crippen LogP contribution in [-0.2, 0) is 0 Å². The minimum absolute atomic E-state index is 0.0249. The highest BCUT2D eigenvalue weighted by Gasteiger charge is 2.38. The molecule has 0 unspecified atom stereocenters. The fourth-order valence-electron chi connectivity index (χ4n) is 6.02. The Hall–Kier alpha value is -4.41. The van der Waals surface area contributed by atoms with Crippen LogP contribution in [0.3, 0.4) is 0 Å². The van der Waals surface area contributed by atoms with Crippen molar-refractivity contribution in [1.82, 2.24) is 24.7 Å². The van der Waals surface area contributed by atoms with Gasteiger partial charge in [-0.1, -0.05) is 6.07 Å². The molecular weight excluding hydrogens is 556 g/mol. The number of ether oxygens (including phenoxy) is 1. The number of hydrogen-bond donors (Lipinski definition) is 0. The minimum atomic E-state index is -0.797. The van der Waals surface area contributed by atoms with Crippen LogP contribution < -0.4 is 4.74 Å². The lowest BCUT2D eigenvalue weighted by Gasteiger charge is -2.44. The Labute approximate surface area is 249 Å². The van der Waals surface area contributed by atoms with Crippen molar-refractivity contribution in [3.63, 3.8) is 0 Å². The summed E-state index contributed by atoms with van der Waals surface area (Å²) in [5, 5.41) is 0. The predicted octanol–water partition coefficient (Wildman–Crippen LogP) is 4.45. The van der Waals surface area contributed by atoms with Crippen LogP contribution in [0, 0.1) is 17.0 Å². The van der Waals surface area contributed by atoms with Gasteiger partial charge in [0.2, 0.25) is 0 Å². The zero-order valence-electron chi connectivity index (χ0n) is 24.2. The Balaban J connectivity index is 1.37. The molecule has 226 valence electrons. The Morgan fingerprint density at radius 1 is 0.884 bits per heavy atom. The summed E-state index contributed by atoms with van der Waals surface area (Å²) >= 11 is 0. The first-order valence-corrected chi connectivity index (χ1v) is 14.5. The van der Waals surface area contributed by atoms with Gasteiger partial charge in [-0.2, -0.15) is 0 Å². The Morgan fingerprint density at radius 3 is 2.33 bits per heavy atom. The van der Waals surface area contributed by atoms with Gasteiger partial charge in [-0.3, -0.25) is 19.4 Å². The van der Waals surface area contributed by atoms with E-state index in [2.05, 4.69) is 9.97 Å². The summed E-state index contributed by atoms with van der Waals surface area (Å²) in [6, 6.07) is 9.92. The van der Waals surface area contributed by atoms with E-state index in [4.69, 9.17) is 4.74 Å². The first-order valence-electron chi connectivity index (χ1n) is 14.5. The number of carbonyl (C=O) groups excluding carboxylic acids is 3. The molecule has 11 heteroatoms. The molecule has 0 aliphatic carbocycles. The average molecular weight is 592 g/mol. The molecule has 1 saturated heterocycles. The minimum Gasteiger partial charge on any atom is -0.494 e. The third-order valence-electron chi connectivity index (χ3n) is 8.27. The number of carbonyl (C=O) groups is 3. The molecule has 43 heavy (non-hydrogen) atoms. The maximum atomic E-state index is 13.8. The van der Waals surface area contributed by atoms with Gasteiger partial charge >= 0.3 is 0 Å². The van der Waals surface area contributed by atoms with Crippen molar-refractivity contribution in [2.75, 3.05) is 46.4 Å². The molecule has 9 nitrogen and oxygen atoms in total. The number of aromatic nitrogens is 2. The molecule has 0 atom stereocenters. The van der Waals surface area contributed by atoms with Crippen molar-refractivity contribution in [1.29, 1.82) is 0 Å². The van der Waals surface area contributed by atoms with Crippen LogP contribution in [0.2, 0.25) is 0 Å². The maximum Gasteiger partial charge on any atom is 0.274 e. The summed E-state index contributed by atoms with van der Waals surface area (Å²) in [5.74, 6) is -1.78. The van der Waals surface area contributed by atoms with Gasteiger partial charge in [0, 0.05) is 69.4 Å². The number of halogens is 2. The number of benzene rings is 2. The third kappa shape index (κ3) is 7.33. The van der Waals surface area contributed by atoms with Gasteiger partial charge in [0.05, 0.1) is 12.8 Å². The van der Waals surface area contributed by atoms with Gasteiger partial charge < -0.3 is 19.4 Å². The summed E-state index contributed by atoms with van der Waals surface area (Å²) in [7, 11) is 1.77. The molecule has 1 spiro atoms. The van der Waals surface area contributed by atoms with Crippen LogP contribution in [-0.4, -0.2) is 88.8 Å². The number of nitrogens with zero attached hydrogens (tertiary/aromatic N) is 5. The third-order valence-corrected chi connectivity index (χ3v) is 8.27. The first kappa shape index (κ1) is 30.1. The van der Waals surface area contributed by atoms with Gasteiger partial charge in [0.15, 0.2) is 0 Å². The molecule has 0 saturated carbocycles. The van der Waals surface area contributed by atoms with Crippen molar-refractivity contribution in [2.24, 2.45) is 5.41 Å². The van der Waals surface area contributed by atoms with Gasteiger partial charge in [0.25, 0.3) is 17.7 Å². The highest BCUT2D eigenvalue weighted by Crippen LogP contribution is 2.38. The summed E-state index contributed by atoms with van der Waals surface area (Å²) in [5.41, 5.74) is 0.437. The molecule has 3 aromatic rings. The summed E-state index contributed by atoms with van der Waals surface area (Å²) < 4.78 is 33.5. The molecule has 0 N–H and O–H groups in total. The number of fused-ring (bicyclic) bond motifs is 2. The van der Waals surface area contributed by atoms with Crippen molar-refractivity contribution >= 4 is 17.7 Å². The number of amides is 3. The van der Waals surface area contributed by atoms with Crippen LogP contribution >= 0.6 is 0 Å². The topological polar surface area (TPSA) is 95.9 Å². The predicted molar refractivity (Wildman–Crippen MR) is 155 cm³/mol. The largest absolute Gasteiger partial charge is 0.494 e. The fraction of sp³-hybridized carbons (Fsp3) is 0.406. The molecule has 0 radical (unpaired) electrons. The normalized spacial score (nSPS) is 18.0. The van der Waals surface area contributed by atoms with Crippen molar-refractivity contribution in [3.05, 3.63) is 89.5 Å². The van der Waals surface area contributed by atoms with E-state index in [0.29, 0.717) is 82.7 Å². The lowest BCUT2D eigenvalue weighted by Crippen LogP contribution is -2.48. The number of piperidine rings is 1. The molecule has 1 fully saturated rings. The molecule has 1 aromatic heterocycles. The zero-order valence-corrected chi connectivity index (χ0v) is 24.2. The number of hydrogen-bond acceptors (Lipinski definition) is 6. The van der Waals surface area contributed by atoms with E-state index in [0.717, 1.165) is 18.2 Å². The van der Waals surface area contributed by atoms with E-state index >= 15 is 0 Å².